The van der Waals surface area contributed by atoms with Crippen LogP contribution < -0.4 is 0 Å². The van der Waals surface area contributed by atoms with Crippen LogP contribution in [0.15, 0.2) is 24.4 Å². The summed E-state index contributed by atoms with van der Waals surface area (Å²) >= 11 is 0. The van der Waals surface area contributed by atoms with Crippen LogP contribution in [0.2, 0.25) is 0 Å². The molecule has 0 bridgehead atoms. The number of hydrogen-bond donors (Lipinski definition) is 2. The molecular formula is C15H17N3O4. The summed E-state index contributed by atoms with van der Waals surface area (Å²) in [5, 5.41) is 20.9. The maximum absolute atomic E-state index is 12.4. The maximum Gasteiger partial charge on any atom is 0.270 e. The lowest BCUT2D eigenvalue weighted by molar-refractivity contribution is -0.384. The molecular weight excluding hydrogens is 286 g/mol. The summed E-state index contributed by atoms with van der Waals surface area (Å²) in [6.45, 7) is 0.637. The largest absolute Gasteiger partial charge is 0.394 e. The monoisotopic (exact) mass is 303 g/mol. The topological polar surface area (TPSA) is 99.5 Å². The molecule has 22 heavy (non-hydrogen) atoms. The predicted molar refractivity (Wildman–Crippen MR) is 80.5 cm³/mol. The second kappa shape index (κ2) is 5.76. The molecule has 3 rings (SSSR count). The third-order valence-electron chi connectivity index (χ3n) is 4.21. The summed E-state index contributed by atoms with van der Waals surface area (Å²) in [4.78, 5) is 27.6. The van der Waals surface area contributed by atoms with Crippen LogP contribution in [0.3, 0.4) is 0 Å². The van der Waals surface area contributed by atoms with E-state index in [0.29, 0.717) is 11.9 Å². The molecule has 2 aromatic rings. The van der Waals surface area contributed by atoms with Gasteiger partial charge in [0.15, 0.2) is 0 Å². The SMILES string of the molecule is O=C(Cc1c[nH]c2ccc([N+](=O)[O-])cc12)N1CCCC1CO. The molecule has 7 nitrogen and oxygen atoms in total. The number of aromatic amines is 1. The van der Waals surface area contributed by atoms with Crippen LogP contribution in [0.4, 0.5) is 5.69 Å². The zero-order chi connectivity index (χ0) is 15.7. The number of carbonyl (C=O) groups is 1. The molecule has 1 fully saturated rings. The highest BCUT2D eigenvalue weighted by atomic mass is 16.6. The van der Waals surface area contributed by atoms with Crippen molar-refractivity contribution in [2.45, 2.75) is 25.3 Å². The molecule has 1 aromatic carbocycles. The fourth-order valence-electron chi connectivity index (χ4n) is 3.04. The van der Waals surface area contributed by atoms with E-state index in [9.17, 15) is 20.0 Å². The van der Waals surface area contributed by atoms with Crippen molar-refractivity contribution in [2.24, 2.45) is 0 Å². The number of hydrogen-bond acceptors (Lipinski definition) is 4. The third kappa shape index (κ3) is 2.55. The van der Waals surface area contributed by atoms with Gasteiger partial charge in [-0.3, -0.25) is 14.9 Å². The molecule has 1 unspecified atom stereocenters. The Hall–Kier alpha value is -2.41. The van der Waals surface area contributed by atoms with E-state index < -0.39 is 4.92 Å². The molecule has 0 aliphatic carbocycles. The number of nitrogens with zero attached hydrogens (tertiary/aromatic N) is 2. The Labute approximate surface area is 126 Å². The van der Waals surface area contributed by atoms with Crippen LogP contribution in [-0.2, 0) is 11.2 Å². The van der Waals surface area contributed by atoms with Gasteiger partial charge < -0.3 is 15.0 Å². The fourth-order valence-corrected chi connectivity index (χ4v) is 3.04. The number of rotatable bonds is 4. The Balaban J connectivity index is 1.85. The Bertz CT molecular complexity index is 725. The quantitative estimate of drug-likeness (QED) is 0.662. The molecule has 1 saturated heterocycles. The van der Waals surface area contributed by atoms with Crippen LogP contribution in [0.1, 0.15) is 18.4 Å². The Morgan fingerprint density at radius 2 is 2.32 bits per heavy atom. The number of amides is 1. The van der Waals surface area contributed by atoms with Crippen LogP contribution in [-0.4, -0.2) is 45.0 Å². The summed E-state index contributed by atoms with van der Waals surface area (Å²) in [7, 11) is 0. The summed E-state index contributed by atoms with van der Waals surface area (Å²) in [5.41, 5.74) is 1.52. The van der Waals surface area contributed by atoms with Gasteiger partial charge in [-0.25, -0.2) is 0 Å². The molecule has 1 atom stereocenters. The summed E-state index contributed by atoms with van der Waals surface area (Å²) in [5.74, 6) is -0.0519. The number of fused-ring (bicyclic) bond motifs is 1. The van der Waals surface area contributed by atoms with E-state index in [4.69, 9.17) is 0 Å². The number of nitrogens with one attached hydrogen (secondary N) is 1. The van der Waals surface area contributed by atoms with E-state index in [1.165, 1.54) is 12.1 Å². The molecule has 1 aliphatic rings. The minimum atomic E-state index is -0.444. The first-order chi connectivity index (χ1) is 10.6. The van der Waals surface area contributed by atoms with Gasteiger partial charge in [0.1, 0.15) is 0 Å². The van der Waals surface area contributed by atoms with Crippen LogP contribution in [0.5, 0.6) is 0 Å². The zero-order valence-electron chi connectivity index (χ0n) is 12.0. The van der Waals surface area contributed by atoms with Crippen molar-refractivity contribution in [3.8, 4) is 0 Å². The van der Waals surface area contributed by atoms with Crippen molar-refractivity contribution < 1.29 is 14.8 Å². The second-order valence-corrected chi connectivity index (χ2v) is 5.54. The van der Waals surface area contributed by atoms with E-state index in [2.05, 4.69) is 4.98 Å². The number of benzene rings is 1. The van der Waals surface area contributed by atoms with Crippen molar-refractivity contribution in [3.63, 3.8) is 0 Å². The highest BCUT2D eigenvalue weighted by Gasteiger charge is 2.28. The first kappa shape index (κ1) is 14.5. The molecule has 0 radical (unpaired) electrons. The number of nitro groups is 1. The van der Waals surface area contributed by atoms with Gasteiger partial charge in [-0.2, -0.15) is 0 Å². The van der Waals surface area contributed by atoms with Crippen molar-refractivity contribution in [1.82, 2.24) is 9.88 Å². The van der Waals surface area contributed by atoms with Gasteiger partial charge >= 0.3 is 0 Å². The molecule has 2 heterocycles. The second-order valence-electron chi connectivity index (χ2n) is 5.54. The normalized spacial score (nSPS) is 18.0. The van der Waals surface area contributed by atoms with Gasteiger partial charge in [0.05, 0.1) is 24.0 Å². The number of H-pyrrole nitrogens is 1. The first-order valence-electron chi connectivity index (χ1n) is 7.25. The molecule has 7 heteroatoms. The summed E-state index contributed by atoms with van der Waals surface area (Å²) in [6.07, 6.45) is 3.62. The van der Waals surface area contributed by atoms with Gasteiger partial charge in [0.2, 0.25) is 5.91 Å². The number of likely N-dealkylation sites (tertiary alicyclic amines) is 1. The van der Waals surface area contributed by atoms with Gasteiger partial charge in [-0.05, 0) is 24.5 Å². The summed E-state index contributed by atoms with van der Waals surface area (Å²) < 4.78 is 0. The van der Waals surface area contributed by atoms with Crippen LogP contribution in [0.25, 0.3) is 10.9 Å². The molecule has 1 amide bonds. The molecule has 2 N–H and O–H groups in total. The highest BCUT2D eigenvalue weighted by molar-refractivity contribution is 5.90. The first-order valence-corrected chi connectivity index (χ1v) is 7.25. The van der Waals surface area contributed by atoms with Crippen molar-refractivity contribution in [1.29, 1.82) is 0 Å². The number of aliphatic hydroxyl groups excluding tert-OH is 1. The zero-order valence-corrected chi connectivity index (χ0v) is 12.0. The Morgan fingerprint density at radius 1 is 1.50 bits per heavy atom. The standard InChI is InChI=1S/C15H17N3O4/c19-9-12-2-1-5-17(12)15(20)6-10-8-16-14-4-3-11(18(21)22)7-13(10)14/h3-4,7-8,12,16,19H,1-2,5-6,9H2. The van der Waals surface area contributed by atoms with Crippen molar-refractivity contribution in [2.75, 3.05) is 13.2 Å². The van der Waals surface area contributed by atoms with Gasteiger partial charge in [0.25, 0.3) is 5.69 Å². The number of carbonyl (C=O) groups excluding carboxylic acids is 1. The third-order valence-corrected chi connectivity index (χ3v) is 4.21. The van der Waals surface area contributed by atoms with Crippen molar-refractivity contribution >= 4 is 22.5 Å². The number of aliphatic hydroxyl groups is 1. The average Bonchev–Trinajstić information content (AvgIpc) is 3.13. The van der Waals surface area contributed by atoms with Gasteiger partial charge in [0, 0.05) is 35.8 Å². The molecule has 0 saturated carbocycles. The minimum absolute atomic E-state index is 0.00945. The highest BCUT2D eigenvalue weighted by Crippen LogP contribution is 2.25. The number of non-ortho nitro benzene ring substituents is 1. The smallest absolute Gasteiger partial charge is 0.270 e. The number of nitro benzene ring substituents is 1. The molecule has 0 spiro atoms. The van der Waals surface area contributed by atoms with E-state index in [-0.39, 0.29) is 30.7 Å². The van der Waals surface area contributed by atoms with Crippen LogP contribution >= 0.6 is 0 Å². The van der Waals surface area contributed by atoms with E-state index in [1.54, 1.807) is 17.2 Å². The lowest BCUT2D eigenvalue weighted by Crippen LogP contribution is -2.38. The predicted octanol–water partition coefficient (Wildman–Crippen LogP) is 1.60. The van der Waals surface area contributed by atoms with Crippen molar-refractivity contribution in [3.05, 3.63) is 40.1 Å². The van der Waals surface area contributed by atoms with E-state index in [1.807, 2.05) is 0 Å². The molecule has 1 aromatic heterocycles. The lowest BCUT2D eigenvalue weighted by atomic mass is 10.1. The lowest BCUT2D eigenvalue weighted by Gasteiger charge is -2.22. The maximum atomic E-state index is 12.4. The number of aromatic nitrogens is 1. The van der Waals surface area contributed by atoms with Gasteiger partial charge in [-0.1, -0.05) is 0 Å². The van der Waals surface area contributed by atoms with E-state index in [0.717, 1.165) is 23.9 Å². The molecule has 116 valence electrons. The Kier molecular flexibility index (Phi) is 3.81. The summed E-state index contributed by atoms with van der Waals surface area (Å²) in [6, 6.07) is 4.47. The minimum Gasteiger partial charge on any atom is -0.394 e. The average molecular weight is 303 g/mol. The Morgan fingerprint density at radius 3 is 3.05 bits per heavy atom. The molecule has 1 aliphatic heterocycles. The fraction of sp³-hybridized carbons (Fsp3) is 0.400. The van der Waals surface area contributed by atoms with Gasteiger partial charge in [-0.15, -0.1) is 0 Å². The van der Waals surface area contributed by atoms with E-state index >= 15 is 0 Å². The van der Waals surface area contributed by atoms with Crippen LogP contribution in [0, 0.1) is 10.1 Å².